The van der Waals surface area contributed by atoms with Crippen LogP contribution < -0.4 is 4.90 Å². The minimum atomic E-state index is -0.854. The highest BCUT2D eigenvalue weighted by molar-refractivity contribution is 6.24. The first kappa shape index (κ1) is 26.0. The van der Waals surface area contributed by atoms with E-state index in [1.54, 1.807) is 34.1 Å². The topological polar surface area (TPSA) is 114 Å². The zero-order valence-corrected chi connectivity index (χ0v) is 23.1. The smallest absolute Gasteiger partial charge is 0.332 e. The molecule has 0 spiro atoms. The first-order chi connectivity index (χ1) is 20.3. The molecule has 9 nitrogen and oxygen atoms in total. The van der Waals surface area contributed by atoms with Gasteiger partial charge in [0.2, 0.25) is 0 Å². The number of H-pyrrole nitrogens is 1. The van der Waals surface area contributed by atoms with Gasteiger partial charge in [-0.3, -0.25) is 19.3 Å². The standard InChI is InChI=1S/C33H30N4O5/c1-19-10-12-20(13-11-19)29-28-24(22-6-2-4-8-25(22)34-28)18-27-31(39)37(33(42)36(27)29)26-9-5-3-7-23(26)30(38)35-16-14-21(15-17-35)32(40)41/h2-13,21,27,29,34H,14-18H2,1H3,(H,40,41)/t27-,29-/m0/s1. The maximum absolute atomic E-state index is 14.3. The minimum Gasteiger partial charge on any atom is -0.481 e. The lowest BCUT2D eigenvalue weighted by Crippen LogP contribution is -2.44. The van der Waals surface area contributed by atoms with E-state index in [0.717, 1.165) is 38.2 Å². The quantitative estimate of drug-likeness (QED) is 0.344. The molecule has 3 aliphatic rings. The number of benzene rings is 3. The summed E-state index contributed by atoms with van der Waals surface area (Å²) >= 11 is 0. The number of carboxylic acid groups (broad SMARTS) is 1. The summed E-state index contributed by atoms with van der Waals surface area (Å²) < 4.78 is 0. The number of aryl methyl sites for hydroxylation is 1. The lowest BCUT2D eigenvalue weighted by atomic mass is 9.88. The molecule has 42 heavy (non-hydrogen) atoms. The number of aromatic amines is 1. The van der Waals surface area contributed by atoms with Gasteiger partial charge in [0.05, 0.1) is 17.2 Å². The van der Waals surface area contributed by atoms with Gasteiger partial charge in [-0.1, -0.05) is 60.2 Å². The third-order valence-corrected chi connectivity index (χ3v) is 8.95. The predicted molar refractivity (Wildman–Crippen MR) is 156 cm³/mol. The fraction of sp³-hybridized carbons (Fsp3) is 0.273. The van der Waals surface area contributed by atoms with Gasteiger partial charge in [0.15, 0.2) is 0 Å². The maximum Gasteiger partial charge on any atom is 0.332 e. The van der Waals surface area contributed by atoms with Crippen LogP contribution in [0.5, 0.6) is 0 Å². The highest BCUT2D eigenvalue weighted by Crippen LogP contribution is 2.45. The van der Waals surface area contributed by atoms with E-state index in [1.807, 2.05) is 55.5 Å². The molecule has 2 atom stereocenters. The molecule has 2 N–H and O–H groups in total. The molecule has 1 aromatic heterocycles. The third-order valence-electron chi connectivity index (χ3n) is 8.95. The van der Waals surface area contributed by atoms with E-state index in [1.165, 1.54) is 0 Å². The van der Waals surface area contributed by atoms with Crippen molar-refractivity contribution < 1.29 is 24.3 Å². The summed E-state index contributed by atoms with van der Waals surface area (Å²) in [5.74, 6) is -2.01. The van der Waals surface area contributed by atoms with Gasteiger partial charge in [0.1, 0.15) is 12.1 Å². The molecular formula is C33H30N4O5. The van der Waals surface area contributed by atoms with Gasteiger partial charge in [-0.05, 0) is 49.1 Å². The summed E-state index contributed by atoms with van der Waals surface area (Å²) in [5, 5.41) is 10.4. The summed E-state index contributed by atoms with van der Waals surface area (Å²) in [5.41, 5.74) is 5.36. The highest BCUT2D eigenvalue weighted by Gasteiger charge is 2.53. The van der Waals surface area contributed by atoms with Gasteiger partial charge < -0.3 is 15.0 Å². The molecular weight excluding hydrogens is 532 g/mol. The Bertz CT molecular complexity index is 1750. The molecule has 4 heterocycles. The van der Waals surface area contributed by atoms with Crippen LogP contribution in [0.2, 0.25) is 0 Å². The number of fused-ring (bicyclic) bond motifs is 4. The Balaban J connectivity index is 1.28. The van der Waals surface area contributed by atoms with Crippen molar-refractivity contribution in [2.45, 2.75) is 38.3 Å². The van der Waals surface area contributed by atoms with Crippen molar-refractivity contribution in [3.8, 4) is 0 Å². The average Bonchev–Trinajstić information content (AvgIpc) is 3.50. The molecule has 0 saturated carbocycles. The zero-order valence-electron chi connectivity index (χ0n) is 23.1. The van der Waals surface area contributed by atoms with Gasteiger partial charge in [0.25, 0.3) is 11.8 Å². The normalized spacial score (nSPS) is 20.6. The average molecular weight is 563 g/mol. The number of carbonyl (C=O) groups is 4. The summed E-state index contributed by atoms with van der Waals surface area (Å²) in [4.78, 5) is 61.6. The van der Waals surface area contributed by atoms with Crippen molar-refractivity contribution in [2.75, 3.05) is 18.0 Å². The first-order valence-electron chi connectivity index (χ1n) is 14.3. The molecule has 4 amide bonds. The number of carbonyl (C=O) groups excluding carboxylic acids is 3. The van der Waals surface area contributed by atoms with Crippen LogP contribution in [0.15, 0.2) is 72.8 Å². The molecule has 4 aromatic rings. The van der Waals surface area contributed by atoms with Crippen LogP contribution in [0.3, 0.4) is 0 Å². The number of nitrogens with one attached hydrogen (secondary N) is 1. The molecule has 7 rings (SSSR count). The first-order valence-corrected chi connectivity index (χ1v) is 14.3. The largest absolute Gasteiger partial charge is 0.481 e. The van der Waals surface area contributed by atoms with Gasteiger partial charge in [-0.15, -0.1) is 0 Å². The van der Waals surface area contributed by atoms with Crippen LogP contribution in [0.25, 0.3) is 10.9 Å². The van der Waals surface area contributed by atoms with Gasteiger partial charge in [-0.2, -0.15) is 0 Å². The number of anilines is 1. The fourth-order valence-electron chi connectivity index (χ4n) is 6.74. The number of likely N-dealkylation sites (tertiary alicyclic amines) is 1. The van der Waals surface area contributed by atoms with Crippen LogP contribution in [-0.4, -0.2) is 62.8 Å². The van der Waals surface area contributed by atoms with Crippen molar-refractivity contribution in [1.29, 1.82) is 0 Å². The van der Waals surface area contributed by atoms with Crippen LogP contribution >= 0.6 is 0 Å². The molecule has 3 aliphatic heterocycles. The number of hydrogen-bond donors (Lipinski definition) is 2. The van der Waals surface area contributed by atoms with Gasteiger partial charge in [0, 0.05) is 36.1 Å². The number of imide groups is 1. The number of para-hydroxylation sites is 2. The fourth-order valence-corrected chi connectivity index (χ4v) is 6.74. The Morgan fingerprint density at radius 3 is 2.33 bits per heavy atom. The van der Waals surface area contributed by atoms with Crippen LogP contribution in [0, 0.1) is 12.8 Å². The molecule has 9 heteroatoms. The molecule has 212 valence electrons. The number of amides is 4. The molecule has 0 unspecified atom stereocenters. The van der Waals surface area contributed by atoms with E-state index in [0.29, 0.717) is 32.4 Å². The Morgan fingerprint density at radius 1 is 0.905 bits per heavy atom. The van der Waals surface area contributed by atoms with E-state index >= 15 is 0 Å². The summed E-state index contributed by atoms with van der Waals surface area (Å²) in [6, 6.07) is 21.0. The van der Waals surface area contributed by atoms with Crippen molar-refractivity contribution in [1.82, 2.24) is 14.8 Å². The molecule has 0 bridgehead atoms. The number of aliphatic carboxylic acids is 1. The van der Waals surface area contributed by atoms with E-state index in [9.17, 15) is 24.3 Å². The van der Waals surface area contributed by atoms with E-state index in [2.05, 4.69) is 4.98 Å². The lowest BCUT2D eigenvalue weighted by Gasteiger charge is -2.36. The SMILES string of the molecule is Cc1ccc([C@H]2c3[nH]c4ccccc4c3C[C@H]3C(=O)N(c4ccccc4C(=O)N4CCC(C(=O)O)CC4)C(=O)N23)cc1. The van der Waals surface area contributed by atoms with Gasteiger partial charge >= 0.3 is 12.0 Å². The summed E-state index contributed by atoms with van der Waals surface area (Å²) in [6.45, 7) is 2.61. The molecule has 0 radical (unpaired) electrons. The Kier molecular flexibility index (Phi) is 6.11. The molecule has 3 aromatic carbocycles. The number of piperidine rings is 1. The number of aromatic nitrogens is 1. The van der Waals surface area contributed by atoms with Crippen molar-refractivity contribution in [2.24, 2.45) is 5.92 Å². The summed E-state index contributed by atoms with van der Waals surface area (Å²) in [6.07, 6.45) is 1.09. The van der Waals surface area contributed by atoms with E-state index in [4.69, 9.17) is 0 Å². The van der Waals surface area contributed by atoms with Crippen molar-refractivity contribution in [3.05, 3.63) is 101 Å². The molecule has 2 fully saturated rings. The van der Waals surface area contributed by atoms with Crippen molar-refractivity contribution in [3.63, 3.8) is 0 Å². The zero-order chi connectivity index (χ0) is 29.1. The lowest BCUT2D eigenvalue weighted by molar-refractivity contribution is -0.143. The van der Waals surface area contributed by atoms with E-state index in [-0.39, 0.29) is 23.1 Å². The van der Waals surface area contributed by atoms with Crippen LogP contribution in [0.4, 0.5) is 10.5 Å². The third kappa shape index (κ3) is 3.99. The number of carboxylic acids is 1. The molecule has 0 aliphatic carbocycles. The maximum atomic E-state index is 14.3. The monoisotopic (exact) mass is 562 g/mol. The Hall–Kier alpha value is -4.92. The second kappa shape index (κ2) is 9.87. The number of nitrogens with zero attached hydrogens (tertiary/aromatic N) is 3. The Labute approximate surface area is 242 Å². The predicted octanol–water partition coefficient (Wildman–Crippen LogP) is 4.90. The second-order valence-electron chi connectivity index (χ2n) is 11.4. The minimum absolute atomic E-state index is 0.253. The molecule has 2 saturated heterocycles. The number of hydrogen-bond acceptors (Lipinski definition) is 4. The number of urea groups is 1. The highest BCUT2D eigenvalue weighted by atomic mass is 16.4. The number of rotatable bonds is 4. The van der Waals surface area contributed by atoms with Crippen LogP contribution in [0.1, 0.15) is 51.6 Å². The second-order valence-corrected chi connectivity index (χ2v) is 11.4. The summed E-state index contributed by atoms with van der Waals surface area (Å²) in [7, 11) is 0. The van der Waals surface area contributed by atoms with Crippen LogP contribution in [-0.2, 0) is 16.0 Å². The van der Waals surface area contributed by atoms with E-state index < -0.39 is 30.0 Å². The van der Waals surface area contributed by atoms with Crippen molar-refractivity contribution >= 4 is 40.4 Å². The Morgan fingerprint density at radius 2 is 1.60 bits per heavy atom. The van der Waals surface area contributed by atoms with Gasteiger partial charge in [-0.25, -0.2) is 9.69 Å².